The normalized spacial score (nSPS) is 29.3. The van der Waals surface area contributed by atoms with E-state index in [1.807, 2.05) is 32.1 Å². The molecule has 0 aromatic rings. The van der Waals surface area contributed by atoms with E-state index >= 15 is 0 Å². The standard InChI is InChI=1S/C23H36O6/c1-7-9-16-10-11-18(23(5,6)15(3)4)20(22(25)28-13-17-12-27-17)19(16)21(24)29-14-26-8-2/h7,9-11,15-20H,8,12-14H2,1-6H3/b9-7+. The van der Waals surface area contributed by atoms with E-state index in [0.29, 0.717) is 19.1 Å². The maximum atomic E-state index is 13.2. The van der Waals surface area contributed by atoms with Gasteiger partial charge in [0.1, 0.15) is 12.7 Å². The van der Waals surface area contributed by atoms with Gasteiger partial charge in [0, 0.05) is 12.5 Å². The SMILES string of the molecule is C/C=C/C1C=CC(C(C)(C)C(C)C)C(C(=O)OCC2CO2)C1C(=O)OCOCC. The monoisotopic (exact) mass is 408 g/mol. The van der Waals surface area contributed by atoms with Crippen LogP contribution in [0.15, 0.2) is 24.3 Å². The minimum absolute atomic E-state index is 0.0238. The van der Waals surface area contributed by atoms with Gasteiger partial charge < -0.3 is 18.9 Å². The Balaban J connectivity index is 2.37. The van der Waals surface area contributed by atoms with Crippen LogP contribution in [-0.2, 0) is 28.5 Å². The minimum atomic E-state index is -0.660. The fraction of sp³-hybridized carbons (Fsp3) is 0.739. The Morgan fingerprint density at radius 3 is 2.38 bits per heavy atom. The molecular formula is C23H36O6. The molecule has 29 heavy (non-hydrogen) atoms. The number of hydrogen-bond acceptors (Lipinski definition) is 6. The lowest BCUT2D eigenvalue weighted by Crippen LogP contribution is -2.48. The molecule has 0 aromatic heterocycles. The van der Waals surface area contributed by atoms with Crippen molar-refractivity contribution < 1.29 is 28.5 Å². The van der Waals surface area contributed by atoms with Crippen LogP contribution in [0.1, 0.15) is 41.5 Å². The van der Waals surface area contributed by atoms with E-state index in [1.165, 1.54) is 0 Å². The fourth-order valence-corrected chi connectivity index (χ4v) is 3.76. The molecule has 1 saturated heterocycles. The van der Waals surface area contributed by atoms with Gasteiger partial charge >= 0.3 is 11.9 Å². The van der Waals surface area contributed by atoms with E-state index in [2.05, 4.69) is 33.8 Å². The van der Waals surface area contributed by atoms with Crippen LogP contribution < -0.4 is 0 Å². The number of hydrogen-bond donors (Lipinski definition) is 0. The maximum absolute atomic E-state index is 13.2. The Kier molecular flexibility index (Phi) is 8.46. The van der Waals surface area contributed by atoms with E-state index in [9.17, 15) is 9.59 Å². The zero-order valence-corrected chi connectivity index (χ0v) is 18.6. The van der Waals surface area contributed by atoms with E-state index < -0.39 is 17.8 Å². The van der Waals surface area contributed by atoms with Crippen molar-refractivity contribution >= 4 is 11.9 Å². The summed E-state index contributed by atoms with van der Waals surface area (Å²) >= 11 is 0. The van der Waals surface area contributed by atoms with Crippen LogP contribution in [0.5, 0.6) is 0 Å². The molecule has 0 N–H and O–H groups in total. The molecule has 1 heterocycles. The van der Waals surface area contributed by atoms with Crippen LogP contribution in [0.2, 0.25) is 0 Å². The van der Waals surface area contributed by atoms with Gasteiger partial charge in [-0.15, -0.1) is 0 Å². The second-order valence-corrected chi connectivity index (χ2v) is 8.70. The summed E-state index contributed by atoms with van der Waals surface area (Å²) in [5.41, 5.74) is -0.213. The van der Waals surface area contributed by atoms with Gasteiger partial charge in [0.2, 0.25) is 0 Å². The van der Waals surface area contributed by atoms with E-state index in [0.717, 1.165) is 0 Å². The molecule has 1 aliphatic heterocycles. The average Bonchev–Trinajstić information content (AvgIpc) is 3.50. The molecule has 6 heteroatoms. The summed E-state index contributed by atoms with van der Waals surface area (Å²) in [4.78, 5) is 26.3. The second kappa shape index (κ2) is 10.4. The number of epoxide rings is 1. The first-order valence-corrected chi connectivity index (χ1v) is 10.6. The highest BCUT2D eigenvalue weighted by Crippen LogP contribution is 2.48. The van der Waals surface area contributed by atoms with Crippen LogP contribution in [0.3, 0.4) is 0 Å². The predicted molar refractivity (Wildman–Crippen MR) is 110 cm³/mol. The smallest absolute Gasteiger partial charge is 0.312 e. The van der Waals surface area contributed by atoms with Crippen molar-refractivity contribution in [1.82, 2.24) is 0 Å². The van der Waals surface area contributed by atoms with Crippen molar-refractivity contribution in [3.05, 3.63) is 24.3 Å². The summed E-state index contributed by atoms with van der Waals surface area (Å²) in [5, 5.41) is 0. The highest BCUT2D eigenvalue weighted by Gasteiger charge is 2.51. The van der Waals surface area contributed by atoms with Crippen LogP contribution in [0.25, 0.3) is 0 Å². The number of allylic oxidation sites excluding steroid dienone is 4. The molecular weight excluding hydrogens is 372 g/mol. The third-order valence-corrected chi connectivity index (χ3v) is 6.34. The average molecular weight is 409 g/mol. The van der Waals surface area contributed by atoms with Crippen molar-refractivity contribution in [2.24, 2.45) is 35.0 Å². The molecule has 1 fully saturated rings. The van der Waals surface area contributed by atoms with Gasteiger partial charge in [-0.3, -0.25) is 9.59 Å². The third-order valence-electron chi connectivity index (χ3n) is 6.34. The van der Waals surface area contributed by atoms with Crippen molar-refractivity contribution in [1.29, 1.82) is 0 Å². The molecule has 2 rings (SSSR count). The molecule has 5 unspecified atom stereocenters. The van der Waals surface area contributed by atoms with E-state index in [1.54, 1.807) is 0 Å². The Labute approximate surface area is 174 Å². The number of carbonyl (C=O) groups excluding carboxylic acids is 2. The maximum Gasteiger partial charge on any atom is 0.312 e. The molecule has 0 spiro atoms. The van der Waals surface area contributed by atoms with Crippen LogP contribution in [0, 0.1) is 35.0 Å². The highest BCUT2D eigenvalue weighted by molar-refractivity contribution is 5.84. The first kappa shape index (κ1) is 23.6. The molecule has 164 valence electrons. The van der Waals surface area contributed by atoms with Gasteiger partial charge in [-0.25, -0.2) is 0 Å². The van der Waals surface area contributed by atoms with Crippen molar-refractivity contribution in [2.75, 3.05) is 26.6 Å². The summed E-state index contributed by atoms with van der Waals surface area (Å²) < 4.78 is 21.3. The largest absolute Gasteiger partial charge is 0.463 e. The third kappa shape index (κ3) is 5.92. The first-order valence-electron chi connectivity index (χ1n) is 10.6. The van der Waals surface area contributed by atoms with Crippen LogP contribution >= 0.6 is 0 Å². The van der Waals surface area contributed by atoms with Crippen molar-refractivity contribution in [2.45, 2.75) is 47.6 Å². The summed E-state index contributed by atoms with van der Waals surface area (Å²) in [6, 6.07) is 0. The van der Waals surface area contributed by atoms with Crippen molar-refractivity contribution in [3.8, 4) is 0 Å². The summed E-state index contributed by atoms with van der Waals surface area (Å²) in [6.45, 7) is 13.4. The Morgan fingerprint density at radius 2 is 1.83 bits per heavy atom. The lowest BCUT2D eigenvalue weighted by molar-refractivity contribution is -0.174. The molecule has 0 radical (unpaired) electrons. The predicted octanol–water partition coefficient (Wildman–Crippen LogP) is 3.76. The molecule has 1 aliphatic carbocycles. The summed E-state index contributed by atoms with van der Waals surface area (Å²) in [5.74, 6) is -2.17. The van der Waals surface area contributed by atoms with Gasteiger partial charge in [0.05, 0.1) is 18.4 Å². The highest BCUT2D eigenvalue weighted by atomic mass is 16.7. The van der Waals surface area contributed by atoms with Gasteiger partial charge in [0.25, 0.3) is 0 Å². The number of rotatable bonds is 10. The zero-order valence-electron chi connectivity index (χ0n) is 18.6. The van der Waals surface area contributed by atoms with Crippen LogP contribution in [-0.4, -0.2) is 44.7 Å². The van der Waals surface area contributed by atoms with Gasteiger partial charge in [-0.2, -0.15) is 0 Å². The van der Waals surface area contributed by atoms with Gasteiger partial charge in [-0.05, 0) is 31.1 Å². The van der Waals surface area contributed by atoms with Crippen molar-refractivity contribution in [3.63, 3.8) is 0 Å². The Hall–Kier alpha value is -1.66. The fourth-order valence-electron chi connectivity index (χ4n) is 3.76. The van der Waals surface area contributed by atoms with E-state index in [4.69, 9.17) is 18.9 Å². The quantitative estimate of drug-likeness (QED) is 0.180. The minimum Gasteiger partial charge on any atom is -0.463 e. The second-order valence-electron chi connectivity index (χ2n) is 8.70. The summed E-state index contributed by atoms with van der Waals surface area (Å²) in [7, 11) is 0. The van der Waals surface area contributed by atoms with Gasteiger partial charge in [0.15, 0.2) is 6.79 Å². The molecule has 2 aliphatic rings. The zero-order chi connectivity index (χ0) is 21.6. The molecule has 0 bridgehead atoms. The lowest BCUT2D eigenvalue weighted by atomic mass is 9.58. The molecule has 6 nitrogen and oxygen atoms in total. The van der Waals surface area contributed by atoms with Gasteiger partial charge in [-0.1, -0.05) is 52.0 Å². The molecule has 5 atom stereocenters. The summed E-state index contributed by atoms with van der Waals surface area (Å²) in [6.07, 6.45) is 7.91. The number of esters is 2. The topological polar surface area (TPSA) is 74.4 Å². The van der Waals surface area contributed by atoms with Crippen LogP contribution in [0.4, 0.5) is 0 Å². The molecule has 0 aromatic carbocycles. The molecule has 0 amide bonds. The first-order chi connectivity index (χ1) is 13.7. The number of ether oxygens (including phenoxy) is 4. The lowest BCUT2D eigenvalue weighted by Gasteiger charge is -2.45. The molecule has 0 saturated carbocycles. The number of carbonyl (C=O) groups is 2. The Morgan fingerprint density at radius 1 is 1.17 bits per heavy atom. The Bertz CT molecular complexity index is 617. The van der Waals surface area contributed by atoms with E-state index in [-0.39, 0.29) is 42.7 Å².